The van der Waals surface area contributed by atoms with Crippen LogP contribution in [0.5, 0.6) is 0 Å². The molecule has 0 aromatic heterocycles. The van der Waals surface area contributed by atoms with E-state index in [1.165, 1.54) is 34.9 Å². The topological polar surface area (TPSA) is 12.0 Å². The van der Waals surface area contributed by atoms with E-state index in [-0.39, 0.29) is 0 Å². The van der Waals surface area contributed by atoms with E-state index in [1.807, 2.05) is 0 Å². The van der Waals surface area contributed by atoms with Gasteiger partial charge < -0.3 is 5.32 Å². The van der Waals surface area contributed by atoms with E-state index in [2.05, 4.69) is 59.1 Å². The van der Waals surface area contributed by atoms with Crippen LogP contribution >= 0.6 is 22.6 Å². The molecule has 15 heavy (non-hydrogen) atoms. The molecule has 0 heterocycles. The minimum absolute atomic E-state index is 0.679. The first-order valence-electron chi connectivity index (χ1n) is 5.78. The molecule has 1 aromatic carbocycles. The third kappa shape index (κ3) is 3.10. The van der Waals surface area contributed by atoms with Gasteiger partial charge in [-0.25, -0.2) is 0 Å². The van der Waals surface area contributed by atoms with E-state index >= 15 is 0 Å². The molecule has 2 atom stereocenters. The Kier molecular flexibility index (Phi) is 3.89. The van der Waals surface area contributed by atoms with Crippen molar-refractivity contribution < 1.29 is 0 Å². The van der Waals surface area contributed by atoms with Gasteiger partial charge in [0.05, 0.1) is 0 Å². The minimum Gasteiger partial charge on any atom is -0.382 e. The lowest BCUT2D eigenvalue weighted by Gasteiger charge is -2.30. The van der Waals surface area contributed by atoms with E-state index in [0.29, 0.717) is 6.04 Å². The fourth-order valence-corrected chi connectivity index (χ4v) is 2.65. The molecule has 0 saturated heterocycles. The van der Waals surface area contributed by atoms with Gasteiger partial charge >= 0.3 is 0 Å². The molecule has 0 amide bonds. The molecule has 0 bridgehead atoms. The molecule has 1 aliphatic carbocycles. The molecule has 1 fully saturated rings. The zero-order valence-corrected chi connectivity index (χ0v) is 11.3. The van der Waals surface area contributed by atoms with E-state index in [9.17, 15) is 0 Å². The Morgan fingerprint density at radius 3 is 2.47 bits per heavy atom. The largest absolute Gasteiger partial charge is 0.382 e. The lowest BCUT2D eigenvalue weighted by Crippen LogP contribution is -2.30. The number of hydrogen-bond acceptors (Lipinski definition) is 1. The Bertz CT molecular complexity index is 307. The van der Waals surface area contributed by atoms with Gasteiger partial charge in [0.2, 0.25) is 0 Å². The summed E-state index contributed by atoms with van der Waals surface area (Å²) in [6.07, 6.45) is 5.49. The fourth-order valence-electron chi connectivity index (χ4n) is 2.29. The molecule has 1 nitrogen and oxygen atoms in total. The van der Waals surface area contributed by atoms with Gasteiger partial charge in [-0.3, -0.25) is 0 Å². The summed E-state index contributed by atoms with van der Waals surface area (Å²) in [6, 6.07) is 9.37. The number of rotatable bonds is 2. The maximum absolute atomic E-state index is 3.65. The molecule has 0 spiro atoms. The third-order valence-corrected chi connectivity index (χ3v) is 4.03. The highest BCUT2D eigenvalue weighted by Gasteiger charge is 2.20. The van der Waals surface area contributed by atoms with Crippen LogP contribution < -0.4 is 5.32 Å². The highest BCUT2D eigenvalue weighted by Crippen LogP contribution is 2.26. The van der Waals surface area contributed by atoms with Crippen molar-refractivity contribution in [3.05, 3.63) is 27.8 Å². The smallest absolute Gasteiger partial charge is 0.0343 e. The normalized spacial score (nSPS) is 26.3. The Morgan fingerprint density at radius 1 is 1.13 bits per heavy atom. The Balaban J connectivity index is 1.98. The second-order valence-electron chi connectivity index (χ2n) is 4.52. The predicted molar refractivity (Wildman–Crippen MR) is 74.2 cm³/mol. The van der Waals surface area contributed by atoms with Crippen molar-refractivity contribution in [1.29, 1.82) is 0 Å². The zero-order chi connectivity index (χ0) is 10.7. The summed E-state index contributed by atoms with van der Waals surface area (Å²) in [6.45, 7) is 2.36. The van der Waals surface area contributed by atoms with Gasteiger partial charge in [0.15, 0.2) is 0 Å². The molecule has 1 aromatic rings. The van der Waals surface area contributed by atoms with Crippen LogP contribution in [0.4, 0.5) is 5.69 Å². The molecule has 1 aliphatic rings. The zero-order valence-electron chi connectivity index (χ0n) is 9.17. The first kappa shape index (κ1) is 11.2. The molecule has 82 valence electrons. The van der Waals surface area contributed by atoms with Gasteiger partial charge in [0.25, 0.3) is 0 Å². The molecule has 0 aliphatic heterocycles. The average Bonchev–Trinajstić information content (AvgIpc) is 2.25. The molecule has 0 radical (unpaired) electrons. The molecule has 1 saturated carbocycles. The highest BCUT2D eigenvalue weighted by atomic mass is 127. The summed E-state index contributed by atoms with van der Waals surface area (Å²) in [5.74, 6) is 0.818. The summed E-state index contributed by atoms with van der Waals surface area (Å²) >= 11 is 2.34. The fraction of sp³-hybridized carbons (Fsp3) is 0.538. The Labute approximate surface area is 106 Å². The maximum Gasteiger partial charge on any atom is 0.0343 e. The number of nitrogens with one attached hydrogen (secondary N) is 1. The van der Waals surface area contributed by atoms with Gasteiger partial charge in [-0.15, -0.1) is 0 Å². The van der Waals surface area contributed by atoms with E-state index in [1.54, 1.807) is 0 Å². The second-order valence-corrected chi connectivity index (χ2v) is 5.77. The molecule has 2 unspecified atom stereocenters. The van der Waals surface area contributed by atoms with Crippen LogP contribution in [0, 0.1) is 9.49 Å². The summed E-state index contributed by atoms with van der Waals surface area (Å²) < 4.78 is 1.30. The van der Waals surface area contributed by atoms with Gasteiger partial charge in [0, 0.05) is 15.3 Å². The molecule has 2 rings (SSSR count). The maximum atomic E-state index is 3.65. The van der Waals surface area contributed by atoms with Gasteiger partial charge in [-0.05, 0) is 65.6 Å². The predicted octanol–water partition coefficient (Wildman–Crippen LogP) is 4.28. The van der Waals surface area contributed by atoms with Crippen LogP contribution in [0.25, 0.3) is 0 Å². The molecular formula is C13H18IN. The van der Waals surface area contributed by atoms with Crippen LogP contribution in [0.15, 0.2) is 24.3 Å². The third-order valence-electron chi connectivity index (χ3n) is 3.31. The lowest BCUT2D eigenvalue weighted by molar-refractivity contribution is 0.349. The van der Waals surface area contributed by atoms with Crippen molar-refractivity contribution >= 4 is 28.3 Å². The van der Waals surface area contributed by atoms with Crippen molar-refractivity contribution in [2.75, 3.05) is 5.32 Å². The number of halogens is 1. The summed E-state index contributed by atoms with van der Waals surface area (Å²) in [5.41, 5.74) is 1.27. The Hall–Kier alpha value is -0.250. The first-order valence-corrected chi connectivity index (χ1v) is 6.85. The number of benzene rings is 1. The van der Waals surface area contributed by atoms with Gasteiger partial charge in [0.1, 0.15) is 0 Å². The van der Waals surface area contributed by atoms with Gasteiger partial charge in [-0.2, -0.15) is 0 Å². The SMILES string of the molecule is CC1CCCCC1Nc1ccc(I)cc1. The summed E-state index contributed by atoms with van der Waals surface area (Å²) in [4.78, 5) is 0. The molecule has 2 heteroatoms. The van der Waals surface area contributed by atoms with Crippen LogP contribution in [-0.2, 0) is 0 Å². The van der Waals surface area contributed by atoms with E-state index < -0.39 is 0 Å². The van der Waals surface area contributed by atoms with Crippen molar-refractivity contribution in [2.24, 2.45) is 5.92 Å². The van der Waals surface area contributed by atoms with Crippen LogP contribution in [-0.4, -0.2) is 6.04 Å². The standard InChI is InChI=1S/C13H18IN/c1-10-4-2-3-5-13(10)15-12-8-6-11(14)7-9-12/h6-10,13,15H,2-5H2,1H3. The van der Waals surface area contributed by atoms with Crippen LogP contribution in [0.2, 0.25) is 0 Å². The number of hydrogen-bond donors (Lipinski definition) is 1. The van der Waals surface area contributed by atoms with Crippen molar-refractivity contribution in [3.63, 3.8) is 0 Å². The second kappa shape index (κ2) is 5.19. The summed E-state index contributed by atoms with van der Waals surface area (Å²) in [5, 5.41) is 3.65. The van der Waals surface area contributed by atoms with Crippen molar-refractivity contribution in [2.45, 2.75) is 38.6 Å². The molecular weight excluding hydrogens is 297 g/mol. The monoisotopic (exact) mass is 315 g/mol. The number of anilines is 1. The van der Waals surface area contributed by atoms with Crippen molar-refractivity contribution in [3.8, 4) is 0 Å². The van der Waals surface area contributed by atoms with Gasteiger partial charge in [-0.1, -0.05) is 19.8 Å². The van der Waals surface area contributed by atoms with Crippen molar-refractivity contribution in [1.82, 2.24) is 0 Å². The quantitative estimate of drug-likeness (QED) is 0.803. The minimum atomic E-state index is 0.679. The summed E-state index contributed by atoms with van der Waals surface area (Å²) in [7, 11) is 0. The van der Waals surface area contributed by atoms with E-state index in [4.69, 9.17) is 0 Å². The molecule has 1 N–H and O–H groups in total. The average molecular weight is 315 g/mol. The highest BCUT2D eigenvalue weighted by molar-refractivity contribution is 14.1. The van der Waals surface area contributed by atoms with E-state index in [0.717, 1.165) is 5.92 Å². The first-order chi connectivity index (χ1) is 7.25. The van der Waals surface area contributed by atoms with Crippen LogP contribution in [0.3, 0.4) is 0 Å². The lowest BCUT2D eigenvalue weighted by atomic mass is 9.86. The Morgan fingerprint density at radius 2 is 1.80 bits per heavy atom. The van der Waals surface area contributed by atoms with Crippen LogP contribution in [0.1, 0.15) is 32.6 Å².